The monoisotopic (exact) mass is 350 g/mol. The van der Waals surface area contributed by atoms with Gasteiger partial charge in [-0.05, 0) is 5.92 Å². The van der Waals surface area contributed by atoms with Gasteiger partial charge in [-0.15, -0.1) is 11.7 Å². The van der Waals surface area contributed by atoms with Crippen LogP contribution in [0, 0.1) is 5.92 Å². The fourth-order valence-electron chi connectivity index (χ4n) is 2.94. The van der Waals surface area contributed by atoms with Gasteiger partial charge in [0.2, 0.25) is 0 Å². The van der Waals surface area contributed by atoms with E-state index in [4.69, 9.17) is 0 Å². The molecule has 0 aliphatic carbocycles. The molecule has 2 heterocycles. The zero-order chi connectivity index (χ0) is 18.9. The fourth-order valence-corrected chi connectivity index (χ4v) is 2.94. The molecule has 2 rings (SSSR count). The van der Waals surface area contributed by atoms with Crippen LogP contribution in [0.3, 0.4) is 0 Å². The molecular formula is C17H26N4O4-2. The second kappa shape index (κ2) is 7.13. The van der Waals surface area contributed by atoms with E-state index < -0.39 is 29.5 Å². The Hall–Kier alpha value is -1.93. The molecule has 0 saturated carbocycles. The number of hydrogen-bond acceptors (Lipinski definition) is 5. The van der Waals surface area contributed by atoms with E-state index in [9.17, 15) is 19.8 Å². The highest BCUT2D eigenvalue weighted by Gasteiger charge is 2.19. The lowest BCUT2D eigenvalue weighted by atomic mass is 9.91. The average molecular weight is 350 g/mol. The SMILES string of the molecule is CC(C)CCCC(C)([O-])C([O-])Cn1c(=O)c2c(ncn2C)n(C)c1=O. The van der Waals surface area contributed by atoms with Crippen LogP contribution in [0.5, 0.6) is 0 Å². The summed E-state index contributed by atoms with van der Waals surface area (Å²) in [5, 5.41) is 25.1. The molecule has 0 saturated heterocycles. The normalized spacial score (nSPS) is 15.7. The van der Waals surface area contributed by atoms with E-state index in [2.05, 4.69) is 18.8 Å². The molecule has 2 aromatic rings. The standard InChI is InChI=1S/C17H26N4O4/c1-11(2)7-6-8-17(3,25)12(22)9-21-15(23)13-14(18-10-19(13)4)20(5)16(21)24/h10-12H,6-9H2,1-5H3/q-2. The van der Waals surface area contributed by atoms with Gasteiger partial charge in [0, 0.05) is 20.6 Å². The van der Waals surface area contributed by atoms with Crippen LogP contribution in [0.1, 0.15) is 40.0 Å². The largest absolute Gasteiger partial charge is 0.851 e. The summed E-state index contributed by atoms with van der Waals surface area (Å²) in [5.74, 6) is 0.461. The van der Waals surface area contributed by atoms with Crippen molar-refractivity contribution in [2.24, 2.45) is 20.0 Å². The maximum Gasteiger partial charge on any atom is 0.332 e. The summed E-state index contributed by atoms with van der Waals surface area (Å²) in [4.78, 5) is 29.0. The van der Waals surface area contributed by atoms with Crippen LogP contribution in [-0.4, -0.2) is 30.4 Å². The van der Waals surface area contributed by atoms with E-state index in [-0.39, 0.29) is 17.6 Å². The quantitative estimate of drug-likeness (QED) is 0.643. The van der Waals surface area contributed by atoms with E-state index >= 15 is 0 Å². The summed E-state index contributed by atoms with van der Waals surface area (Å²) < 4.78 is 3.59. The van der Waals surface area contributed by atoms with Crippen LogP contribution in [0.2, 0.25) is 0 Å². The minimum absolute atomic E-state index is 0.225. The van der Waals surface area contributed by atoms with Gasteiger partial charge in [-0.3, -0.25) is 13.9 Å². The summed E-state index contributed by atoms with van der Waals surface area (Å²) in [6.07, 6.45) is 1.60. The Kier molecular flexibility index (Phi) is 5.53. The summed E-state index contributed by atoms with van der Waals surface area (Å²) >= 11 is 0. The molecule has 0 N–H and O–H groups in total. The van der Waals surface area contributed by atoms with Gasteiger partial charge < -0.3 is 14.8 Å². The number of rotatable bonds is 7. The number of aryl methyl sites for hydroxylation is 2. The van der Waals surface area contributed by atoms with E-state index in [0.29, 0.717) is 12.3 Å². The predicted octanol–water partition coefficient (Wildman–Crippen LogP) is -0.892. The third kappa shape index (κ3) is 3.85. The van der Waals surface area contributed by atoms with Crippen molar-refractivity contribution in [2.45, 2.75) is 58.3 Å². The van der Waals surface area contributed by atoms with Crippen molar-refractivity contribution in [3.05, 3.63) is 27.2 Å². The second-order valence-corrected chi connectivity index (χ2v) is 7.37. The van der Waals surface area contributed by atoms with Gasteiger partial charge in [0.05, 0.1) is 6.33 Å². The lowest BCUT2D eigenvalue weighted by Crippen LogP contribution is -2.61. The molecule has 25 heavy (non-hydrogen) atoms. The van der Waals surface area contributed by atoms with Gasteiger partial charge in [0.15, 0.2) is 11.2 Å². The summed E-state index contributed by atoms with van der Waals surface area (Å²) in [6, 6.07) is 0. The molecule has 0 bridgehead atoms. The highest BCUT2D eigenvalue weighted by atomic mass is 16.3. The first-order chi connectivity index (χ1) is 11.6. The van der Waals surface area contributed by atoms with Gasteiger partial charge in [0.25, 0.3) is 5.56 Å². The van der Waals surface area contributed by atoms with Crippen LogP contribution in [0.25, 0.3) is 11.2 Å². The maximum absolute atomic E-state index is 12.6. The summed E-state index contributed by atoms with van der Waals surface area (Å²) in [5.41, 5.74) is -2.45. The molecule has 0 fully saturated rings. The molecule has 0 spiro atoms. The molecule has 2 unspecified atom stereocenters. The average Bonchev–Trinajstić information content (AvgIpc) is 2.90. The van der Waals surface area contributed by atoms with Crippen molar-refractivity contribution in [2.75, 3.05) is 0 Å². The molecule has 2 aromatic heterocycles. The van der Waals surface area contributed by atoms with Crippen LogP contribution < -0.4 is 21.5 Å². The lowest BCUT2D eigenvalue weighted by molar-refractivity contribution is -0.570. The molecule has 0 aliphatic rings. The molecule has 0 amide bonds. The summed E-state index contributed by atoms with van der Waals surface area (Å²) in [7, 11) is 3.14. The van der Waals surface area contributed by atoms with Crippen molar-refractivity contribution in [3.63, 3.8) is 0 Å². The molecule has 0 aromatic carbocycles. The summed E-state index contributed by atoms with van der Waals surface area (Å²) in [6.45, 7) is 5.05. The van der Waals surface area contributed by atoms with Crippen LogP contribution in [0.15, 0.2) is 15.9 Å². The number of nitrogens with zero attached hydrogens (tertiary/aromatic N) is 4. The van der Waals surface area contributed by atoms with Crippen molar-refractivity contribution in [3.8, 4) is 0 Å². The van der Waals surface area contributed by atoms with Crippen LogP contribution in [0.4, 0.5) is 0 Å². The third-order valence-corrected chi connectivity index (χ3v) is 4.69. The first kappa shape index (κ1) is 19.4. The molecule has 8 heteroatoms. The predicted molar refractivity (Wildman–Crippen MR) is 91.1 cm³/mol. The zero-order valence-electron chi connectivity index (χ0n) is 15.5. The van der Waals surface area contributed by atoms with Crippen molar-refractivity contribution in [1.82, 2.24) is 18.7 Å². The van der Waals surface area contributed by atoms with Crippen LogP contribution in [-0.2, 0) is 20.6 Å². The Morgan fingerprint density at radius 2 is 1.92 bits per heavy atom. The molecule has 0 radical (unpaired) electrons. The van der Waals surface area contributed by atoms with Crippen LogP contribution >= 0.6 is 0 Å². The highest BCUT2D eigenvalue weighted by Crippen LogP contribution is 2.17. The smallest absolute Gasteiger partial charge is 0.332 e. The first-order valence-corrected chi connectivity index (χ1v) is 8.53. The highest BCUT2D eigenvalue weighted by molar-refractivity contribution is 5.69. The van der Waals surface area contributed by atoms with E-state index in [0.717, 1.165) is 11.0 Å². The minimum atomic E-state index is -1.74. The maximum atomic E-state index is 12.6. The molecule has 0 aliphatic heterocycles. The Balaban J connectivity index is 2.32. The van der Waals surface area contributed by atoms with Crippen molar-refractivity contribution >= 4 is 11.2 Å². The molecule has 2 atom stereocenters. The van der Waals surface area contributed by atoms with Crippen molar-refractivity contribution in [1.29, 1.82) is 0 Å². The number of fused-ring (bicyclic) bond motifs is 1. The van der Waals surface area contributed by atoms with Crippen molar-refractivity contribution < 1.29 is 10.2 Å². The van der Waals surface area contributed by atoms with Gasteiger partial charge in [-0.2, -0.15) is 0 Å². The van der Waals surface area contributed by atoms with Gasteiger partial charge in [-0.25, -0.2) is 9.78 Å². The molecular weight excluding hydrogens is 324 g/mol. The topological polar surface area (TPSA) is 108 Å². The fraction of sp³-hybridized carbons (Fsp3) is 0.706. The number of imidazole rings is 1. The minimum Gasteiger partial charge on any atom is -0.851 e. The molecule has 140 valence electrons. The van der Waals surface area contributed by atoms with E-state index in [1.54, 1.807) is 7.05 Å². The van der Waals surface area contributed by atoms with Gasteiger partial charge >= 0.3 is 5.69 Å². The van der Waals surface area contributed by atoms with E-state index in [1.807, 2.05) is 0 Å². The first-order valence-electron chi connectivity index (χ1n) is 8.53. The number of aromatic nitrogens is 4. The van der Waals surface area contributed by atoms with E-state index in [1.165, 1.54) is 29.4 Å². The third-order valence-electron chi connectivity index (χ3n) is 4.69. The Bertz CT molecular complexity index is 860. The Morgan fingerprint density at radius 1 is 1.28 bits per heavy atom. The Morgan fingerprint density at radius 3 is 2.52 bits per heavy atom. The number of hydrogen-bond donors (Lipinski definition) is 0. The van der Waals surface area contributed by atoms with Gasteiger partial charge in [-0.1, -0.05) is 40.0 Å². The second-order valence-electron chi connectivity index (χ2n) is 7.37. The van der Waals surface area contributed by atoms with Gasteiger partial charge in [0.1, 0.15) is 0 Å². The zero-order valence-corrected chi connectivity index (χ0v) is 15.5. The molecule has 8 nitrogen and oxygen atoms in total. The lowest BCUT2D eigenvalue weighted by Gasteiger charge is -2.49. The Labute approximate surface area is 146 Å².